The fourth-order valence-electron chi connectivity index (χ4n) is 2.66. The number of nitrogens with zero attached hydrogens (tertiary/aromatic N) is 3. The Balaban J connectivity index is 1.93. The summed E-state index contributed by atoms with van der Waals surface area (Å²) in [6.07, 6.45) is 3.75. The number of fused-ring (bicyclic) bond motifs is 7. The van der Waals surface area contributed by atoms with Crippen LogP contribution in [0, 0.1) is 0 Å². The lowest BCUT2D eigenvalue weighted by Crippen LogP contribution is -2.29. The molecule has 4 aromatic rings. The number of rotatable bonds is 0. The Morgan fingerprint density at radius 1 is 1.05 bits per heavy atom. The Bertz CT molecular complexity index is 952. The van der Waals surface area contributed by atoms with Crippen LogP contribution in [0.2, 0.25) is 0 Å². The maximum absolute atomic E-state index is 4.53. The summed E-state index contributed by atoms with van der Waals surface area (Å²) in [7, 11) is 0. The van der Waals surface area contributed by atoms with Gasteiger partial charge in [0.05, 0.1) is 10.3 Å². The second kappa shape index (κ2) is 3.37. The second-order valence-electron chi connectivity index (χ2n) is 4.58. The molecule has 4 aromatic heterocycles. The van der Waals surface area contributed by atoms with Crippen molar-refractivity contribution in [1.29, 1.82) is 0 Å². The zero-order valence-electron chi connectivity index (χ0n) is 9.83. The summed E-state index contributed by atoms with van der Waals surface area (Å²) in [6.45, 7) is 0.887. The lowest BCUT2D eigenvalue weighted by Gasteiger charge is -1.88. The van der Waals surface area contributed by atoms with Crippen LogP contribution in [0.5, 0.6) is 0 Å². The highest BCUT2D eigenvalue weighted by Crippen LogP contribution is 2.40. The molecule has 0 spiro atoms. The molecule has 5 heteroatoms. The van der Waals surface area contributed by atoms with E-state index in [2.05, 4.69) is 26.7 Å². The van der Waals surface area contributed by atoms with Crippen LogP contribution in [0.25, 0.3) is 30.3 Å². The SMILES string of the molecule is c1cnc2c(c1)-c1sc3c4ncccc4sc3[n+]1C2. The standard InChI is InChI=1S/C14H8N3S2/c1-3-8-9(15-5-1)7-17-13(8)19-12-11-10(18-14(12)17)4-2-6-16-11/h1-6H,7H2/q+1. The lowest BCUT2D eigenvalue weighted by atomic mass is 10.2. The first-order valence-corrected chi connectivity index (χ1v) is 7.69. The molecule has 0 aromatic carbocycles. The quantitative estimate of drug-likeness (QED) is 0.408. The fourth-order valence-corrected chi connectivity index (χ4v) is 5.31. The number of thiophene rings is 1. The van der Waals surface area contributed by atoms with E-state index in [0.29, 0.717) is 0 Å². The molecule has 0 unspecified atom stereocenters. The van der Waals surface area contributed by atoms with Crippen molar-refractivity contribution in [2.75, 3.05) is 0 Å². The van der Waals surface area contributed by atoms with E-state index in [0.717, 1.165) is 12.1 Å². The summed E-state index contributed by atoms with van der Waals surface area (Å²) >= 11 is 3.66. The Hall–Kier alpha value is -1.85. The van der Waals surface area contributed by atoms with E-state index in [-0.39, 0.29) is 0 Å². The molecule has 0 amide bonds. The van der Waals surface area contributed by atoms with E-state index in [1.807, 2.05) is 47.2 Å². The van der Waals surface area contributed by atoms with E-state index < -0.39 is 0 Å². The normalized spacial score (nSPS) is 13.1. The van der Waals surface area contributed by atoms with Gasteiger partial charge in [-0.15, -0.1) is 0 Å². The zero-order chi connectivity index (χ0) is 12.4. The molecule has 0 aliphatic carbocycles. The molecular formula is C14H8N3S2+. The third kappa shape index (κ3) is 1.19. The minimum absolute atomic E-state index is 0.887. The van der Waals surface area contributed by atoms with Gasteiger partial charge in [0, 0.05) is 12.4 Å². The number of aromatic nitrogens is 3. The summed E-state index contributed by atoms with van der Waals surface area (Å²) in [6, 6.07) is 8.33. The van der Waals surface area contributed by atoms with E-state index >= 15 is 0 Å². The molecule has 90 valence electrons. The van der Waals surface area contributed by atoms with Crippen LogP contribution >= 0.6 is 22.7 Å². The van der Waals surface area contributed by atoms with Crippen molar-refractivity contribution in [3.63, 3.8) is 0 Å². The van der Waals surface area contributed by atoms with Crippen molar-refractivity contribution in [3.8, 4) is 10.6 Å². The van der Waals surface area contributed by atoms with E-state index in [1.165, 1.54) is 30.5 Å². The van der Waals surface area contributed by atoms with Crippen LogP contribution in [-0.4, -0.2) is 9.97 Å². The van der Waals surface area contributed by atoms with Crippen molar-refractivity contribution < 1.29 is 4.57 Å². The maximum atomic E-state index is 4.53. The molecule has 0 N–H and O–H groups in total. The highest BCUT2D eigenvalue weighted by atomic mass is 32.1. The molecule has 0 bridgehead atoms. The molecular weight excluding hydrogens is 274 g/mol. The van der Waals surface area contributed by atoms with Crippen LogP contribution in [0.3, 0.4) is 0 Å². The highest BCUT2D eigenvalue weighted by molar-refractivity contribution is 7.32. The molecule has 5 heterocycles. The van der Waals surface area contributed by atoms with Crippen molar-refractivity contribution in [1.82, 2.24) is 9.97 Å². The summed E-state index contributed by atoms with van der Waals surface area (Å²) in [5.74, 6) is 0. The van der Waals surface area contributed by atoms with Gasteiger partial charge in [0.2, 0.25) is 0 Å². The largest absolute Gasteiger partial charge is 0.283 e. The Morgan fingerprint density at radius 3 is 2.95 bits per heavy atom. The van der Waals surface area contributed by atoms with Gasteiger partial charge >= 0.3 is 0 Å². The van der Waals surface area contributed by atoms with Gasteiger partial charge in [0.25, 0.3) is 9.84 Å². The molecule has 5 rings (SSSR count). The zero-order valence-corrected chi connectivity index (χ0v) is 11.5. The van der Waals surface area contributed by atoms with Gasteiger partial charge in [-0.25, -0.2) is 0 Å². The van der Waals surface area contributed by atoms with Gasteiger partial charge in [0.1, 0.15) is 15.9 Å². The maximum Gasteiger partial charge on any atom is 0.283 e. The van der Waals surface area contributed by atoms with E-state index in [9.17, 15) is 0 Å². The van der Waals surface area contributed by atoms with Crippen molar-refractivity contribution >= 4 is 42.4 Å². The molecule has 1 aliphatic rings. The van der Waals surface area contributed by atoms with Crippen molar-refractivity contribution in [2.45, 2.75) is 6.54 Å². The first-order valence-electron chi connectivity index (χ1n) is 6.06. The average molecular weight is 282 g/mol. The second-order valence-corrected chi connectivity index (χ2v) is 6.61. The van der Waals surface area contributed by atoms with Crippen LogP contribution < -0.4 is 4.57 Å². The monoisotopic (exact) mass is 282 g/mol. The molecule has 0 fully saturated rings. The smallest absolute Gasteiger partial charge is 0.254 e. The molecule has 19 heavy (non-hydrogen) atoms. The number of thiazole rings is 1. The Morgan fingerprint density at radius 2 is 1.95 bits per heavy atom. The first-order chi connectivity index (χ1) is 9.42. The van der Waals surface area contributed by atoms with Gasteiger partial charge in [-0.3, -0.25) is 9.97 Å². The van der Waals surface area contributed by atoms with Crippen molar-refractivity contribution in [2.24, 2.45) is 0 Å². The summed E-state index contributed by atoms with van der Waals surface area (Å²) in [5.41, 5.74) is 3.60. The van der Waals surface area contributed by atoms with Gasteiger partial charge in [-0.1, -0.05) is 22.7 Å². The molecule has 0 atom stereocenters. The number of hydrogen-bond acceptors (Lipinski definition) is 4. The van der Waals surface area contributed by atoms with E-state index in [4.69, 9.17) is 0 Å². The minimum Gasteiger partial charge on any atom is -0.254 e. The predicted octanol–water partition coefficient (Wildman–Crippen LogP) is 3.22. The molecule has 0 saturated carbocycles. The topological polar surface area (TPSA) is 29.7 Å². The summed E-state index contributed by atoms with van der Waals surface area (Å²) < 4.78 is 4.96. The van der Waals surface area contributed by atoms with E-state index in [1.54, 1.807) is 0 Å². The van der Waals surface area contributed by atoms with Gasteiger partial charge in [0.15, 0.2) is 6.54 Å². The first kappa shape index (κ1) is 10.00. The van der Waals surface area contributed by atoms with Crippen LogP contribution in [0.15, 0.2) is 36.7 Å². The number of hydrogen-bond donors (Lipinski definition) is 0. The molecule has 0 saturated heterocycles. The van der Waals surface area contributed by atoms with Crippen LogP contribution in [0.1, 0.15) is 5.69 Å². The van der Waals surface area contributed by atoms with Gasteiger partial charge in [-0.2, -0.15) is 4.57 Å². The lowest BCUT2D eigenvalue weighted by molar-refractivity contribution is -0.640. The molecule has 3 nitrogen and oxygen atoms in total. The Labute approximate surface area is 116 Å². The van der Waals surface area contributed by atoms with Gasteiger partial charge < -0.3 is 0 Å². The third-order valence-electron chi connectivity index (χ3n) is 3.50. The van der Waals surface area contributed by atoms with Crippen LogP contribution in [-0.2, 0) is 6.54 Å². The summed E-state index contributed by atoms with van der Waals surface area (Å²) in [4.78, 5) is 10.3. The summed E-state index contributed by atoms with van der Waals surface area (Å²) in [5, 5.41) is 1.32. The fraction of sp³-hybridized carbons (Fsp3) is 0.0714. The highest BCUT2D eigenvalue weighted by Gasteiger charge is 2.34. The molecule has 0 radical (unpaired) electrons. The predicted molar refractivity (Wildman–Crippen MR) is 77.5 cm³/mol. The van der Waals surface area contributed by atoms with Gasteiger partial charge in [-0.05, 0) is 24.3 Å². The van der Waals surface area contributed by atoms with Crippen molar-refractivity contribution in [3.05, 3.63) is 42.4 Å². The minimum atomic E-state index is 0.887. The molecule has 1 aliphatic heterocycles. The number of pyridine rings is 2. The third-order valence-corrected chi connectivity index (χ3v) is 6.03. The average Bonchev–Trinajstić information content (AvgIpc) is 3.07. The van der Waals surface area contributed by atoms with Crippen LogP contribution in [0.4, 0.5) is 0 Å². The Kier molecular flexibility index (Phi) is 1.78.